The third-order valence-electron chi connectivity index (χ3n) is 3.39. The third-order valence-corrected chi connectivity index (χ3v) is 3.39. The van der Waals surface area contributed by atoms with Gasteiger partial charge in [0.2, 0.25) is 0 Å². The number of rotatable bonds is 5. The van der Waals surface area contributed by atoms with Gasteiger partial charge in [-0.1, -0.05) is 12.1 Å². The van der Waals surface area contributed by atoms with Crippen molar-refractivity contribution >= 4 is 0 Å². The molecule has 3 heteroatoms. The zero-order valence-electron chi connectivity index (χ0n) is 12.3. The Morgan fingerprint density at radius 2 is 1.61 bits per heavy atom. The molecule has 1 aromatic rings. The zero-order valence-corrected chi connectivity index (χ0v) is 12.3. The number of nitrogens with zero attached hydrogens (tertiary/aromatic N) is 1. The van der Waals surface area contributed by atoms with E-state index in [9.17, 15) is 5.11 Å². The summed E-state index contributed by atoms with van der Waals surface area (Å²) in [4.78, 5) is 2.02. The fourth-order valence-electron chi connectivity index (χ4n) is 1.65. The van der Waals surface area contributed by atoms with Crippen LogP contribution in [0.5, 0.6) is 5.75 Å². The Kier molecular flexibility index (Phi) is 4.77. The first kappa shape index (κ1) is 15.0. The molecule has 0 heterocycles. The van der Waals surface area contributed by atoms with Crippen molar-refractivity contribution in [1.29, 1.82) is 0 Å². The molecular formula is C15H25NO2. The lowest BCUT2D eigenvalue weighted by atomic mass is 9.90. The number of ether oxygens (including phenoxy) is 1. The van der Waals surface area contributed by atoms with Crippen molar-refractivity contribution in [3.63, 3.8) is 0 Å². The van der Waals surface area contributed by atoms with E-state index in [0.29, 0.717) is 0 Å². The maximum atomic E-state index is 10.4. The van der Waals surface area contributed by atoms with Crippen LogP contribution in [0.2, 0.25) is 0 Å². The van der Waals surface area contributed by atoms with Crippen molar-refractivity contribution in [2.24, 2.45) is 0 Å². The Morgan fingerprint density at radius 1 is 1.11 bits per heavy atom. The van der Waals surface area contributed by atoms with E-state index in [1.165, 1.54) is 0 Å². The van der Waals surface area contributed by atoms with E-state index < -0.39 is 6.10 Å². The van der Waals surface area contributed by atoms with Gasteiger partial charge in [-0.2, -0.15) is 0 Å². The highest BCUT2D eigenvalue weighted by Gasteiger charge is 2.31. The monoisotopic (exact) mass is 251 g/mol. The molecule has 0 fully saturated rings. The van der Waals surface area contributed by atoms with Gasteiger partial charge in [0.25, 0.3) is 0 Å². The fourth-order valence-corrected chi connectivity index (χ4v) is 1.65. The molecule has 0 saturated carbocycles. The van der Waals surface area contributed by atoms with E-state index >= 15 is 0 Å². The molecule has 18 heavy (non-hydrogen) atoms. The minimum absolute atomic E-state index is 0.166. The molecule has 1 unspecified atom stereocenters. The summed E-state index contributed by atoms with van der Waals surface area (Å²) in [6.45, 7) is 8.04. The first-order chi connectivity index (χ1) is 8.25. The van der Waals surface area contributed by atoms with Gasteiger partial charge in [0.05, 0.1) is 12.2 Å². The Labute approximate surface area is 110 Å². The van der Waals surface area contributed by atoms with Crippen molar-refractivity contribution in [3.05, 3.63) is 29.8 Å². The second-order valence-electron chi connectivity index (χ2n) is 5.69. The van der Waals surface area contributed by atoms with Crippen molar-refractivity contribution in [2.75, 3.05) is 14.1 Å². The summed E-state index contributed by atoms with van der Waals surface area (Å²) in [5.74, 6) is 0.837. The highest BCUT2D eigenvalue weighted by Crippen LogP contribution is 2.30. The smallest absolute Gasteiger partial charge is 0.119 e. The molecular weight excluding hydrogens is 226 g/mol. The van der Waals surface area contributed by atoms with E-state index in [1.54, 1.807) is 0 Å². The molecule has 1 atom stereocenters. The summed E-state index contributed by atoms with van der Waals surface area (Å²) >= 11 is 0. The lowest BCUT2D eigenvalue weighted by molar-refractivity contribution is 0.0164. The quantitative estimate of drug-likeness (QED) is 0.873. The van der Waals surface area contributed by atoms with E-state index in [-0.39, 0.29) is 11.6 Å². The molecule has 0 amide bonds. The number of aliphatic hydroxyl groups excluding tert-OH is 1. The molecule has 0 aliphatic rings. The number of aliphatic hydroxyl groups is 1. The molecule has 102 valence electrons. The molecule has 0 radical (unpaired) electrons. The molecule has 0 bridgehead atoms. The number of hydrogen-bond acceptors (Lipinski definition) is 3. The van der Waals surface area contributed by atoms with Gasteiger partial charge in [-0.3, -0.25) is 0 Å². The predicted molar refractivity (Wildman–Crippen MR) is 74.9 cm³/mol. The van der Waals surface area contributed by atoms with Gasteiger partial charge in [0, 0.05) is 5.54 Å². The maximum absolute atomic E-state index is 10.4. The average Bonchev–Trinajstić information content (AvgIpc) is 2.28. The largest absolute Gasteiger partial charge is 0.491 e. The average molecular weight is 251 g/mol. The highest BCUT2D eigenvalue weighted by molar-refractivity contribution is 5.30. The van der Waals surface area contributed by atoms with Crippen molar-refractivity contribution in [1.82, 2.24) is 4.90 Å². The van der Waals surface area contributed by atoms with Crippen LogP contribution < -0.4 is 4.74 Å². The van der Waals surface area contributed by atoms with Gasteiger partial charge < -0.3 is 14.7 Å². The molecule has 0 saturated heterocycles. The summed E-state index contributed by atoms with van der Waals surface area (Å²) < 4.78 is 5.59. The molecule has 1 rings (SSSR count). The highest BCUT2D eigenvalue weighted by atomic mass is 16.5. The van der Waals surface area contributed by atoms with Crippen LogP contribution in [-0.4, -0.2) is 35.7 Å². The number of likely N-dealkylation sites (N-methyl/N-ethyl adjacent to an activating group) is 1. The van der Waals surface area contributed by atoms with Gasteiger partial charge in [0.15, 0.2) is 0 Å². The second kappa shape index (κ2) is 5.72. The SMILES string of the molecule is CC(C)Oc1ccc(C(O)C(C)(C)N(C)C)cc1. The van der Waals surface area contributed by atoms with E-state index in [2.05, 4.69) is 0 Å². The third kappa shape index (κ3) is 3.47. The van der Waals surface area contributed by atoms with Crippen LogP contribution in [0, 0.1) is 0 Å². The van der Waals surface area contributed by atoms with Gasteiger partial charge >= 0.3 is 0 Å². The van der Waals surface area contributed by atoms with E-state index in [0.717, 1.165) is 11.3 Å². The van der Waals surface area contributed by atoms with Crippen LogP contribution in [-0.2, 0) is 0 Å². The van der Waals surface area contributed by atoms with Crippen molar-refractivity contribution < 1.29 is 9.84 Å². The van der Waals surface area contributed by atoms with E-state index in [1.807, 2.05) is 71.0 Å². The Hall–Kier alpha value is -1.06. The zero-order chi connectivity index (χ0) is 13.9. The van der Waals surface area contributed by atoms with Crippen LogP contribution >= 0.6 is 0 Å². The molecule has 0 aliphatic heterocycles. The summed E-state index contributed by atoms with van der Waals surface area (Å²) in [6.07, 6.45) is -0.361. The summed E-state index contributed by atoms with van der Waals surface area (Å²) in [6, 6.07) is 7.66. The minimum atomic E-state index is -0.527. The van der Waals surface area contributed by atoms with Crippen LogP contribution in [0.15, 0.2) is 24.3 Å². The lowest BCUT2D eigenvalue weighted by Crippen LogP contribution is -2.43. The van der Waals surface area contributed by atoms with Crippen LogP contribution in [0.1, 0.15) is 39.4 Å². The molecule has 3 nitrogen and oxygen atoms in total. The van der Waals surface area contributed by atoms with Gasteiger partial charge in [-0.05, 0) is 59.5 Å². The standard InChI is InChI=1S/C15H25NO2/c1-11(2)18-13-9-7-12(8-10-13)14(17)15(3,4)16(5)6/h7-11,14,17H,1-6H3. The Balaban J connectivity index is 2.85. The lowest BCUT2D eigenvalue weighted by Gasteiger charge is -2.37. The van der Waals surface area contributed by atoms with Gasteiger partial charge in [0.1, 0.15) is 5.75 Å². The van der Waals surface area contributed by atoms with Crippen molar-refractivity contribution in [3.8, 4) is 5.75 Å². The molecule has 1 aromatic carbocycles. The summed E-state index contributed by atoms with van der Waals surface area (Å²) in [5, 5.41) is 10.4. The summed E-state index contributed by atoms with van der Waals surface area (Å²) in [5.41, 5.74) is 0.602. The first-order valence-electron chi connectivity index (χ1n) is 6.37. The molecule has 0 spiro atoms. The molecule has 0 aromatic heterocycles. The van der Waals surface area contributed by atoms with Gasteiger partial charge in [-0.25, -0.2) is 0 Å². The normalized spacial score (nSPS) is 14.1. The Morgan fingerprint density at radius 3 is 2.00 bits per heavy atom. The second-order valence-corrected chi connectivity index (χ2v) is 5.69. The fraction of sp³-hybridized carbons (Fsp3) is 0.600. The first-order valence-corrected chi connectivity index (χ1v) is 6.37. The topological polar surface area (TPSA) is 32.7 Å². The van der Waals surface area contributed by atoms with Crippen molar-refractivity contribution in [2.45, 2.75) is 45.4 Å². The van der Waals surface area contributed by atoms with Crippen LogP contribution in [0.25, 0.3) is 0 Å². The number of hydrogen-bond donors (Lipinski definition) is 1. The predicted octanol–water partition coefficient (Wildman–Crippen LogP) is 2.85. The minimum Gasteiger partial charge on any atom is -0.491 e. The maximum Gasteiger partial charge on any atom is 0.119 e. The molecule has 0 aliphatic carbocycles. The number of benzene rings is 1. The van der Waals surface area contributed by atoms with E-state index in [4.69, 9.17) is 4.74 Å². The van der Waals surface area contributed by atoms with Gasteiger partial charge in [-0.15, -0.1) is 0 Å². The van der Waals surface area contributed by atoms with Crippen LogP contribution in [0.4, 0.5) is 0 Å². The summed E-state index contributed by atoms with van der Waals surface area (Å²) in [7, 11) is 3.94. The molecule has 1 N–H and O–H groups in total. The van der Waals surface area contributed by atoms with Crippen LogP contribution in [0.3, 0.4) is 0 Å². The Bertz CT molecular complexity index is 369.